The molecule has 10 aromatic carbocycles. The first-order chi connectivity index (χ1) is 24.8. The first-order valence-electron chi connectivity index (χ1n) is 17.4. The van der Waals surface area contributed by atoms with Crippen LogP contribution in [0.3, 0.4) is 0 Å². The molecule has 0 bridgehead atoms. The number of hydrogen-bond donors (Lipinski definition) is 0. The lowest BCUT2D eigenvalue weighted by Crippen LogP contribution is -1.90. The Hall–Kier alpha value is -6.50. The zero-order valence-electron chi connectivity index (χ0n) is 27.3. The highest BCUT2D eigenvalue weighted by molar-refractivity contribution is 6.27. The van der Waals surface area contributed by atoms with Gasteiger partial charge in [0.1, 0.15) is 0 Å². The van der Waals surface area contributed by atoms with Crippen molar-refractivity contribution in [1.29, 1.82) is 0 Å². The van der Waals surface area contributed by atoms with Crippen LogP contribution in [0.25, 0.3) is 109 Å². The van der Waals surface area contributed by atoms with Crippen LogP contribution in [0, 0.1) is 0 Å². The Balaban J connectivity index is 1.14. The summed E-state index contributed by atoms with van der Waals surface area (Å²) >= 11 is 0. The lowest BCUT2D eigenvalue weighted by Gasteiger charge is -2.17. The molecule has 0 amide bonds. The van der Waals surface area contributed by atoms with Crippen LogP contribution in [0.15, 0.2) is 182 Å². The Labute approximate surface area is 290 Å². The third kappa shape index (κ3) is 3.88. The van der Waals surface area contributed by atoms with Crippen LogP contribution in [0.5, 0.6) is 0 Å². The molecule has 0 N–H and O–H groups in total. The largest absolute Gasteiger partial charge is 0.0622 e. The van der Waals surface area contributed by atoms with E-state index in [1.165, 1.54) is 109 Å². The number of benzene rings is 10. The van der Waals surface area contributed by atoms with Crippen molar-refractivity contribution in [2.45, 2.75) is 0 Å². The highest BCUT2D eigenvalue weighted by Gasteiger charge is 2.28. The molecule has 0 saturated carbocycles. The lowest BCUT2D eigenvalue weighted by atomic mass is 9.87. The van der Waals surface area contributed by atoms with Crippen molar-refractivity contribution in [2.75, 3.05) is 0 Å². The van der Waals surface area contributed by atoms with Gasteiger partial charge >= 0.3 is 0 Å². The number of hydrogen-bond acceptors (Lipinski definition) is 0. The molecular formula is C50H30. The molecule has 0 spiro atoms. The highest BCUT2D eigenvalue weighted by atomic mass is 14.3. The van der Waals surface area contributed by atoms with Crippen LogP contribution in [-0.4, -0.2) is 0 Å². The topological polar surface area (TPSA) is 0 Å². The van der Waals surface area contributed by atoms with Crippen LogP contribution < -0.4 is 0 Å². The monoisotopic (exact) mass is 630 g/mol. The van der Waals surface area contributed by atoms with Crippen LogP contribution in [0.1, 0.15) is 0 Å². The summed E-state index contributed by atoms with van der Waals surface area (Å²) in [6, 6.07) is 67.5. The summed E-state index contributed by atoms with van der Waals surface area (Å²) in [5, 5.41) is 13.0. The van der Waals surface area contributed by atoms with Gasteiger partial charge in [-0.1, -0.05) is 170 Å². The molecule has 0 heterocycles. The second kappa shape index (κ2) is 10.5. The van der Waals surface area contributed by atoms with Crippen molar-refractivity contribution >= 4 is 53.9 Å². The Morgan fingerprint density at radius 3 is 1.52 bits per heavy atom. The average Bonchev–Trinajstić information content (AvgIpc) is 3.52. The zero-order valence-corrected chi connectivity index (χ0v) is 27.3. The maximum atomic E-state index is 2.42. The molecule has 1 aliphatic rings. The summed E-state index contributed by atoms with van der Waals surface area (Å²) in [6.45, 7) is 0. The van der Waals surface area contributed by atoms with Crippen molar-refractivity contribution in [1.82, 2.24) is 0 Å². The second-order valence-electron chi connectivity index (χ2n) is 13.6. The normalized spacial score (nSPS) is 12.0. The van der Waals surface area contributed by atoms with Crippen LogP contribution in [0.4, 0.5) is 0 Å². The fraction of sp³-hybridized carbons (Fsp3) is 0. The number of fused-ring (bicyclic) bond motifs is 10. The molecule has 0 fully saturated rings. The van der Waals surface area contributed by atoms with Crippen molar-refractivity contribution in [3.05, 3.63) is 182 Å². The minimum atomic E-state index is 1.23. The minimum absolute atomic E-state index is 1.23. The second-order valence-corrected chi connectivity index (χ2v) is 13.6. The molecule has 0 aromatic heterocycles. The van der Waals surface area contributed by atoms with Gasteiger partial charge in [-0.25, -0.2) is 0 Å². The van der Waals surface area contributed by atoms with Gasteiger partial charge in [0.15, 0.2) is 0 Å². The van der Waals surface area contributed by atoms with E-state index >= 15 is 0 Å². The Kier molecular flexibility index (Phi) is 5.76. The smallest absolute Gasteiger partial charge is 0.00137 e. The van der Waals surface area contributed by atoms with Gasteiger partial charge in [-0.3, -0.25) is 0 Å². The lowest BCUT2D eigenvalue weighted by molar-refractivity contribution is 1.59. The van der Waals surface area contributed by atoms with Gasteiger partial charge in [0, 0.05) is 0 Å². The summed E-state index contributed by atoms with van der Waals surface area (Å²) in [6.07, 6.45) is 0. The molecule has 0 unspecified atom stereocenters. The SMILES string of the molecule is c1ccc(-c2ccc(-c3ccc(-c4cc5c6ccccc6ccc5c5ccccc45)cc3)c3c2-c2cc4ccccc4c4cccc-3c24)cc1. The van der Waals surface area contributed by atoms with Gasteiger partial charge < -0.3 is 0 Å². The predicted molar refractivity (Wildman–Crippen MR) is 215 cm³/mol. The van der Waals surface area contributed by atoms with Crippen molar-refractivity contribution < 1.29 is 0 Å². The maximum Gasteiger partial charge on any atom is -0.00137 e. The number of rotatable bonds is 3. The summed E-state index contributed by atoms with van der Waals surface area (Å²) in [5.41, 5.74) is 12.8. The van der Waals surface area contributed by atoms with Crippen LogP contribution >= 0.6 is 0 Å². The van der Waals surface area contributed by atoms with Crippen molar-refractivity contribution in [3.63, 3.8) is 0 Å². The van der Waals surface area contributed by atoms with Gasteiger partial charge in [0.25, 0.3) is 0 Å². The molecule has 0 heteroatoms. The zero-order chi connectivity index (χ0) is 32.8. The van der Waals surface area contributed by atoms with E-state index in [2.05, 4.69) is 182 Å². The molecule has 0 radical (unpaired) electrons. The van der Waals surface area contributed by atoms with E-state index < -0.39 is 0 Å². The van der Waals surface area contributed by atoms with Crippen LogP contribution in [-0.2, 0) is 0 Å². The molecule has 11 rings (SSSR count). The molecule has 10 aromatic rings. The highest BCUT2D eigenvalue weighted by Crippen LogP contribution is 2.55. The standard InChI is InChI=1S/C50H30/c1-2-11-31(12-3-1)38-27-28-39(49-44-20-10-19-43-37-16-7-5-14-35(37)29-47(48(43)44)50(38)49)33-21-23-34(24-22-33)45-30-46-36-15-6-4-13-32(36)25-26-42(46)40-17-8-9-18-41(40)45/h1-30H. The predicted octanol–water partition coefficient (Wildman–Crippen LogP) is 14.1. The first kappa shape index (κ1) is 27.5. The van der Waals surface area contributed by atoms with E-state index in [9.17, 15) is 0 Å². The fourth-order valence-electron chi connectivity index (χ4n) is 8.76. The molecule has 0 aliphatic heterocycles. The van der Waals surface area contributed by atoms with Gasteiger partial charge in [-0.2, -0.15) is 0 Å². The van der Waals surface area contributed by atoms with Crippen LogP contribution in [0.2, 0.25) is 0 Å². The fourth-order valence-corrected chi connectivity index (χ4v) is 8.76. The van der Waals surface area contributed by atoms with E-state index in [1.54, 1.807) is 0 Å². The van der Waals surface area contributed by atoms with Gasteiger partial charge in [0.05, 0.1) is 0 Å². The van der Waals surface area contributed by atoms with Gasteiger partial charge in [-0.15, -0.1) is 0 Å². The summed E-state index contributed by atoms with van der Waals surface area (Å²) in [4.78, 5) is 0. The molecule has 50 heavy (non-hydrogen) atoms. The molecule has 0 nitrogen and oxygen atoms in total. The molecule has 230 valence electrons. The van der Waals surface area contributed by atoms with Crippen molar-refractivity contribution in [3.8, 4) is 55.6 Å². The minimum Gasteiger partial charge on any atom is -0.0622 e. The Morgan fingerprint density at radius 2 is 0.760 bits per heavy atom. The molecule has 0 saturated heterocycles. The third-order valence-corrected chi connectivity index (χ3v) is 11.0. The summed E-state index contributed by atoms with van der Waals surface area (Å²) in [5.74, 6) is 0. The Bertz CT molecular complexity index is 3000. The molecular weight excluding hydrogens is 601 g/mol. The molecule has 0 atom stereocenters. The van der Waals surface area contributed by atoms with Crippen molar-refractivity contribution in [2.24, 2.45) is 0 Å². The van der Waals surface area contributed by atoms with E-state index in [0.29, 0.717) is 0 Å². The summed E-state index contributed by atoms with van der Waals surface area (Å²) < 4.78 is 0. The van der Waals surface area contributed by atoms with E-state index in [-0.39, 0.29) is 0 Å². The van der Waals surface area contributed by atoms with Gasteiger partial charge in [0.2, 0.25) is 0 Å². The molecule has 1 aliphatic carbocycles. The Morgan fingerprint density at radius 1 is 0.220 bits per heavy atom. The van der Waals surface area contributed by atoms with Gasteiger partial charge in [-0.05, 0) is 122 Å². The maximum absolute atomic E-state index is 2.42. The summed E-state index contributed by atoms with van der Waals surface area (Å²) in [7, 11) is 0. The van der Waals surface area contributed by atoms with E-state index in [4.69, 9.17) is 0 Å². The first-order valence-corrected chi connectivity index (χ1v) is 17.4. The third-order valence-electron chi connectivity index (χ3n) is 11.0. The average molecular weight is 631 g/mol. The van der Waals surface area contributed by atoms with E-state index in [1.807, 2.05) is 0 Å². The quantitative estimate of drug-likeness (QED) is 0.170. The van der Waals surface area contributed by atoms with E-state index in [0.717, 1.165) is 0 Å².